The molecule has 1 fully saturated rings. The summed E-state index contributed by atoms with van der Waals surface area (Å²) in [4.78, 5) is 39.9. The number of carbonyl (C=O) groups excluding carboxylic acids is 3. The van der Waals surface area contributed by atoms with Crippen LogP contribution in [0.2, 0.25) is 0 Å². The van der Waals surface area contributed by atoms with E-state index >= 15 is 0 Å². The van der Waals surface area contributed by atoms with Crippen LogP contribution in [0.3, 0.4) is 0 Å². The molecule has 7 heteroatoms. The molecule has 1 saturated heterocycles. The molecule has 2 aromatic carbocycles. The lowest BCUT2D eigenvalue weighted by Crippen LogP contribution is -2.45. The van der Waals surface area contributed by atoms with E-state index in [0.29, 0.717) is 12.2 Å². The largest absolute Gasteiger partial charge is 0.497 e. The molecule has 176 valence electrons. The van der Waals surface area contributed by atoms with Gasteiger partial charge in [0.2, 0.25) is 5.91 Å². The Kier molecular flexibility index (Phi) is 7.74. The minimum Gasteiger partial charge on any atom is -0.497 e. The van der Waals surface area contributed by atoms with E-state index in [0.717, 1.165) is 11.1 Å². The lowest BCUT2D eigenvalue weighted by molar-refractivity contribution is -0.158. The van der Waals surface area contributed by atoms with Crippen molar-refractivity contribution in [3.63, 3.8) is 0 Å². The number of esters is 1. The molecular formula is C26H31NO6. The van der Waals surface area contributed by atoms with Gasteiger partial charge in [0.15, 0.2) is 0 Å². The molecule has 0 aromatic heterocycles. The van der Waals surface area contributed by atoms with Gasteiger partial charge in [-0.05, 0) is 56.9 Å². The monoisotopic (exact) mass is 453 g/mol. The van der Waals surface area contributed by atoms with Gasteiger partial charge in [-0.15, -0.1) is 0 Å². The number of imide groups is 1. The second-order valence-corrected chi connectivity index (χ2v) is 9.17. The highest BCUT2D eigenvalue weighted by Gasteiger charge is 2.41. The van der Waals surface area contributed by atoms with Crippen LogP contribution in [0, 0.1) is 5.92 Å². The first-order valence-corrected chi connectivity index (χ1v) is 11.0. The van der Waals surface area contributed by atoms with Crippen molar-refractivity contribution in [3.05, 3.63) is 65.7 Å². The zero-order valence-corrected chi connectivity index (χ0v) is 19.6. The smallest absolute Gasteiger partial charge is 0.416 e. The summed E-state index contributed by atoms with van der Waals surface area (Å²) in [5.74, 6) is -1.06. The van der Waals surface area contributed by atoms with Crippen molar-refractivity contribution < 1.29 is 28.6 Å². The topological polar surface area (TPSA) is 82.1 Å². The van der Waals surface area contributed by atoms with Gasteiger partial charge in [-0.1, -0.05) is 42.5 Å². The van der Waals surface area contributed by atoms with E-state index in [2.05, 4.69) is 0 Å². The fourth-order valence-corrected chi connectivity index (χ4v) is 3.88. The molecule has 3 rings (SSSR count). The average molecular weight is 454 g/mol. The van der Waals surface area contributed by atoms with Gasteiger partial charge in [-0.2, -0.15) is 0 Å². The van der Waals surface area contributed by atoms with Crippen molar-refractivity contribution in [2.75, 3.05) is 13.7 Å². The molecule has 0 aliphatic carbocycles. The lowest BCUT2D eigenvalue weighted by Gasteiger charge is -2.26. The molecule has 2 amide bonds. The van der Waals surface area contributed by atoms with Crippen LogP contribution in [-0.2, 0) is 31.9 Å². The first kappa shape index (κ1) is 24.3. The Morgan fingerprint density at radius 1 is 1.09 bits per heavy atom. The molecule has 1 aliphatic heterocycles. The second-order valence-electron chi connectivity index (χ2n) is 9.17. The van der Waals surface area contributed by atoms with Crippen molar-refractivity contribution in [2.45, 2.75) is 51.7 Å². The van der Waals surface area contributed by atoms with Gasteiger partial charge < -0.3 is 14.2 Å². The van der Waals surface area contributed by atoms with Crippen LogP contribution in [0.15, 0.2) is 54.6 Å². The number of nitrogens with zero attached hydrogens (tertiary/aromatic N) is 1. The number of carbonyl (C=O) groups is 3. The maximum atomic E-state index is 13.6. The Bertz CT molecular complexity index is 982. The van der Waals surface area contributed by atoms with E-state index in [1.165, 1.54) is 4.90 Å². The number of benzene rings is 2. The van der Waals surface area contributed by atoms with Gasteiger partial charge in [0.1, 0.15) is 18.0 Å². The molecule has 0 N–H and O–H groups in total. The van der Waals surface area contributed by atoms with Gasteiger partial charge in [-0.3, -0.25) is 9.59 Å². The van der Waals surface area contributed by atoms with Crippen LogP contribution in [0.25, 0.3) is 0 Å². The number of hydrogen-bond donors (Lipinski definition) is 0. The van der Waals surface area contributed by atoms with E-state index < -0.39 is 35.5 Å². The second kappa shape index (κ2) is 10.5. The number of rotatable bonds is 8. The fraction of sp³-hybridized carbons (Fsp3) is 0.423. The fourth-order valence-electron chi connectivity index (χ4n) is 3.88. The van der Waals surface area contributed by atoms with Crippen LogP contribution in [-0.4, -0.2) is 48.2 Å². The summed E-state index contributed by atoms with van der Waals surface area (Å²) in [5.41, 5.74) is 1.14. The molecule has 2 atom stereocenters. The third-order valence-corrected chi connectivity index (χ3v) is 5.31. The van der Waals surface area contributed by atoms with Crippen molar-refractivity contribution in [2.24, 2.45) is 5.92 Å². The van der Waals surface area contributed by atoms with Crippen LogP contribution in [0.4, 0.5) is 4.79 Å². The van der Waals surface area contributed by atoms with Crippen molar-refractivity contribution in [3.8, 4) is 5.75 Å². The Labute approximate surface area is 194 Å². The minimum absolute atomic E-state index is 0.123. The van der Waals surface area contributed by atoms with Crippen molar-refractivity contribution in [1.82, 2.24) is 4.90 Å². The molecule has 1 heterocycles. The summed E-state index contributed by atoms with van der Waals surface area (Å²) in [6.45, 7) is 5.45. The highest BCUT2D eigenvalue weighted by Crippen LogP contribution is 2.25. The zero-order chi connectivity index (χ0) is 24.0. The van der Waals surface area contributed by atoms with Crippen molar-refractivity contribution in [1.29, 1.82) is 0 Å². The molecule has 0 bridgehead atoms. The first-order chi connectivity index (χ1) is 15.7. The molecule has 0 saturated carbocycles. The molecular weight excluding hydrogens is 422 g/mol. The van der Waals surface area contributed by atoms with Gasteiger partial charge in [0.05, 0.1) is 25.5 Å². The normalized spacial score (nSPS) is 16.8. The minimum atomic E-state index is -0.782. The Morgan fingerprint density at radius 2 is 1.79 bits per heavy atom. The van der Waals surface area contributed by atoms with Gasteiger partial charge in [0.25, 0.3) is 0 Å². The van der Waals surface area contributed by atoms with Crippen LogP contribution >= 0.6 is 0 Å². The summed E-state index contributed by atoms with van der Waals surface area (Å²) >= 11 is 0. The third kappa shape index (κ3) is 6.81. The molecule has 0 spiro atoms. The Balaban J connectivity index is 1.84. The molecule has 2 aromatic rings. The predicted octanol–water partition coefficient (Wildman–Crippen LogP) is 4.18. The van der Waals surface area contributed by atoms with E-state index in [4.69, 9.17) is 14.2 Å². The highest BCUT2D eigenvalue weighted by atomic mass is 16.6. The molecule has 2 unspecified atom stereocenters. The average Bonchev–Trinajstić information content (AvgIpc) is 3.12. The maximum Gasteiger partial charge on any atom is 0.416 e. The van der Waals surface area contributed by atoms with Crippen LogP contribution in [0.1, 0.15) is 38.3 Å². The first-order valence-electron chi connectivity index (χ1n) is 11.0. The van der Waals surface area contributed by atoms with Gasteiger partial charge in [0, 0.05) is 0 Å². The predicted molar refractivity (Wildman–Crippen MR) is 123 cm³/mol. The number of hydrogen-bond acceptors (Lipinski definition) is 6. The standard InChI is InChI=1S/C26H31NO6/c1-26(2,3)33-23(28)16-20(13-19-11-8-12-22(15-19)31-4)24(29)27-21(17-32-25(27)30)14-18-9-6-5-7-10-18/h5-12,15,20-21H,13-14,16-17H2,1-4H3. The third-order valence-electron chi connectivity index (χ3n) is 5.31. The SMILES string of the molecule is COc1cccc(CC(CC(=O)OC(C)(C)C)C(=O)N2C(=O)OCC2Cc2ccccc2)c1. The molecule has 0 radical (unpaired) electrons. The summed E-state index contributed by atoms with van der Waals surface area (Å²) in [6, 6.07) is 16.5. The van der Waals surface area contributed by atoms with Crippen LogP contribution < -0.4 is 4.74 Å². The quantitative estimate of drug-likeness (QED) is 0.558. The maximum absolute atomic E-state index is 13.6. The summed E-state index contributed by atoms with van der Waals surface area (Å²) < 4.78 is 16.0. The van der Waals surface area contributed by atoms with E-state index in [1.54, 1.807) is 27.9 Å². The van der Waals surface area contributed by atoms with Gasteiger partial charge in [-0.25, -0.2) is 9.69 Å². The Morgan fingerprint density at radius 3 is 2.45 bits per heavy atom. The molecule has 33 heavy (non-hydrogen) atoms. The van der Waals surface area contributed by atoms with Crippen LogP contribution in [0.5, 0.6) is 5.75 Å². The van der Waals surface area contributed by atoms with Gasteiger partial charge >= 0.3 is 12.1 Å². The number of cyclic esters (lactones) is 1. The number of amides is 2. The molecule has 1 aliphatic rings. The van der Waals surface area contributed by atoms with E-state index in [9.17, 15) is 14.4 Å². The summed E-state index contributed by atoms with van der Waals surface area (Å²) in [5, 5.41) is 0. The number of ether oxygens (including phenoxy) is 3. The molecule has 7 nitrogen and oxygen atoms in total. The lowest BCUT2D eigenvalue weighted by atomic mass is 9.93. The Hall–Kier alpha value is -3.35. The zero-order valence-electron chi connectivity index (χ0n) is 19.6. The highest BCUT2D eigenvalue weighted by molar-refractivity contribution is 5.96. The van der Waals surface area contributed by atoms with Crippen molar-refractivity contribution >= 4 is 18.0 Å². The summed E-state index contributed by atoms with van der Waals surface area (Å²) in [7, 11) is 1.57. The van der Waals surface area contributed by atoms with E-state index in [-0.39, 0.29) is 19.4 Å². The number of methoxy groups -OCH3 is 1. The van der Waals surface area contributed by atoms with E-state index in [1.807, 2.05) is 54.6 Å². The summed E-state index contributed by atoms with van der Waals surface area (Å²) in [6.07, 6.45) is -0.0798.